The lowest BCUT2D eigenvalue weighted by Gasteiger charge is -2.10. The maximum absolute atomic E-state index is 12.2. The van der Waals surface area contributed by atoms with Crippen molar-refractivity contribution >= 4 is 35.3 Å². The number of methoxy groups -OCH3 is 2. The van der Waals surface area contributed by atoms with Crippen molar-refractivity contribution < 1.29 is 14.3 Å². The van der Waals surface area contributed by atoms with E-state index in [0.717, 1.165) is 5.01 Å². The summed E-state index contributed by atoms with van der Waals surface area (Å²) in [6.45, 7) is 0.515. The van der Waals surface area contributed by atoms with Gasteiger partial charge in [0, 0.05) is 17.9 Å². The smallest absolute Gasteiger partial charge is 0.275 e. The van der Waals surface area contributed by atoms with Gasteiger partial charge in [-0.15, -0.1) is 23.7 Å². The van der Waals surface area contributed by atoms with Crippen LogP contribution in [0.2, 0.25) is 0 Å². The van der Waals surface area contributed by atoms with Gasteiger partial charge in [0.2, 0.25) is 0 Å². The fourth-order valence-electron chi connectivity index (χ4n) is 1.74. The van der Waals surface area contributed by atoms with Crippen molar-refractivity contribution in [1.29, 1.82) is 0 Å². The Morgan fingerprint density at radius 3 is 2.77 bits per heavy atom. The first kappa shape index (κ1) is 18.2. The summed E-state index contributed by atoms with van der Waals surface area (Å²) < 4.78 is 10.4. The summed E-state index contributed by atoms with van der Waals surface area (Å²) in [4.78, 5) is 16.4. The van der Waals surface area contributed by atoms with Crippen molar-refractivity contribution in [3.8, 4) is 11.5 Å². The number of ether oxygens (including phenoxy) is 2. The number of nitrogens with zero attached hydrogens (tertiary/aromatic N) is 1. The van der Waals surface area contributed by atoms with Crippen LogP contribution in [0.1, 0.15) is 15.5 Å². The fraction of sp³-hybridized carbons (Fsp3) is 0.286. The molecule has 1 heterocycles. The molecule has 2 aromatic rings. The SMILES string of the molecule is COc1ccc(NC(=O)c2csc(CCN)n2)c(OC)c1.Cl. The molecule has 6 nitrogen and oxygen atoms in total. The van der Waals surface area contributed by atoms with Crippen LogP contribution < -0.4 is 20.5 Å². The van der Waals surface area contributed by atoms with Crippen LogP contribution in [-0.2, 0) is 6.42 Å². The van der Waals surface area contributed by atoms with Crippen LogP contribution in [-0.4, -0.2) is 31.7 Å². The highest BCUT2D eigenvalue weighted by atomic mass is 35.5. The van der Waals surface area contributed by atoms with E-state index >= 15 is 0 Å². The van der Waals surface area contributed by atoms with Gasteiger partial charge in [-0.05, 0) is 18.7 Å². The van der Waals surface area contributed by atoms with Crippen LogP contribution in [0.4, 0.5) is 5.69 Å². The van der Waals surface area contributed by atoms with Crippen LogP contribution >= 0.6 is 23.7 Å². The zero-order valence-electron chi connectivity index (χ0n) is 12.3. The number of carbonyl (C=O) groups is 1. The second kappa shape index (κ2) is 8.57. The van der Waals surface area contributed by atoms with E-state index in [4.69, 9.17) is 15.2 Å². The first-order chi connectivity index (χ1) is 10.2. The number of anilines is 1. The second-order valence-electron chi connectivity index (χ2n) is 4.19. The molecule has 1 amide bonds. The van der Waals surface area contributed by atoms with Crippen molar-refractivity contribution in [2.45, 2.75) is 6.42 Å². The fourth-order valence-corrected chi connectivity index (χ4v) is 2.54. The molecule has 0 atom stereocenters. The Morgan fingerprint density at radius 2 is 2.14 bits per heavy atom. The molecule has 0 aliphatic rings. The quantitative estimate of drug-likeness (QED) is 0.840. The van der Waals surface area contributed by atoms with Gasteiger partial charge in [0.1, 0.15) is 17.2 Å². The lowest BCUT2D eigenvalue weighted by molar-refractivity contribution is 0.102. The number of benzene rings is 1. The summed E-state index contributed by atoms with van der Waals surface area (Å²) in [6.07, 6.45) is 0.670. The van der Waals surface area contributed by atoms with E-state index in [2.05, 4.69) is 10.3 Å². The number of thiazole rings is 1. The van der Waals surface area contributed by atoms with E-state index in [9.17, 15) is 4.79 Å². The van der Waals surface area contributed by atoms with E-state index in [-0.39, 0.29) is 18.3 Å². The predicted molar refractivity (Wildman–Crippen MR) is 89.6 cm³/mol. The van der Waals surface area contributed by atoms with Crippen molar-refractivity contribution in [2.75, 3.05) is 26.1 Å². The molecule has 0 aliphatic heterocycles. The van der Waals surface area contributed by atoms with Crippen molar-refractivity contribution in [1.82, 2.24) is 4.98 Å². The van der Waals surface area contributed by atoms with E-state index in [0.29, 0.717) is 35.8 Å². The molecule has 0 saturated carbocycles. The topological polar surface area (TPSA) is 86.5 Å². The third-order valence-electron chi connectivity index (χ3n) is 2.80. The number of rotatable bonds is 6. The molecular weight excluding hydrogens is 326 g/mol. The maximum atomic E-state index is 12.2. The average Bonchev–Trinajstić information content (AvgIpc) is 2.96. The van der Waals surface area contributed by atoms with Crippen LogP contribution in [0.3, 0.4) is 0 Å². The molecule has 1 aromatic carbocycles. The Kier molecular flexibility index (Phi) is 7.10. The number of nitrogens with two attached hydrogens (primary N) is 1. The molecule has 0 radical (unpaired) electrons. The summed E-state index contributed by atoms with van der Waals surface area (Å²) in [5.74, 6) is 0.904. The van der Waals surface area contributed by atoms with Gasteiger partial charge < -0.3 is 20.5 Å². The molecule has 0 saturated heterocycles. The summed E-state index contributed by atoms with van der Waals surface area (Å²) in [7, 11) is 3.11. The largest absolute Gasteiger partial charge is 0.497 e. The summed E-state index contributed by atoms with van der Waals surface area (Å²) in [6, 6.07) is 5.18. The van der Waals surface area contributed by atoms with Gasteiger partial charge in [0.25, 0.3) is 5.91 Å². The molecule has 3 N–H and O–H groups in total. The highest BCUT2D eigenvalue weighted by molar-refractivity contribution is 7.09. The average molecular weight is 344 g/mol. The third-order valence-corrected chi connectivity index (χ3v) is 3.71. The monoisotopic (exact) mass is 343 g/mol. The predicted octanol–water partition coefficient (Wildman–Crippen LogP) is 2.34. The molecule has 0 bridgehead atoms. The van der Waals surface area contributed by atoms with E-state index in [1.165, 1.54) is 18.4 Å². The zero-order chi connectivity index (χ0) is 15.2. The number of carbonyl (C=O) groups excluding carboxylic acids is 1. The Labute approximate surface area is 139 Å². The van der Waals surface area contributed by atoms with Gasteiger partial charge in [0.15, 0.2) is 0 Å². The number of hydrogen-bond acceptors (Lipinski definition) is 6. The molecule has 1 aromatic heterocycles. The summed E-state index contributed by atoms with van der Waals surface area (Å²) >= 11 is 1.43. The summed E-state index contributed by atoms with van der Waals surface area (Å²) in [5.41, 5.74) is 6.42. The highest BCUT2D eigenvalue weighted by Gasteiger charge is 2.13. The molecule has 8 heteroatoms. The van der Waals surface area contributed by atoms with E-state index in [1.54, 1.807) is 30.7 Å². The Morgan fingerprint density at radius 1 is 1.36 bits per heavy atom. The second-order valence-corrected chi connectivity index (χ2v) is 5.13. The van der Waals surface area contributed by atoms with Crippen LogP contribution in [0.5, 0.6) is 11.5 Å². The zero-order valence-corrected chi connectivity index (χ0v) is 13.9. The van der Waals surface area contributed by atoms with Crippen LogP contribution in [0.15, 0.2) is 23.6 Å². The molecule has 0 fully saturated rings. The lowest BCUT2D eigenvalue weighted by atomic mass is 10.2. The van der Waals surface area contributed by atoms with Gasteiger partial charge in [-0.25, -0.2) is 4.98 Å². The molecule has 0 spiro atoms. The molecule has 120 valence electrons. The third kappa shape index (κ3) is 4.33. The molecule has 0 aliphatic carbocycles. The van der Waals surface area contributed by atoms with E-state index in [1.807, 2.05) is 0 Å². The van der Waals surface area contributed by atoms with Crippen molar-refractivity contribution in [3.05, 3.63) is 34.3 Å². The maximum Gasteiger partial charge on any atom is 0.275 e. The standard InChI is InChI=1S/C14H17N3O3S.ClH/c1-19-9-3-4-10(12(7-9)20-2)17-14(18)11-8-21-13(16-11)5-6-15;/h3-4,7-8H,5-6,15H2,1-2H3,(H,17,18);1H. The molecule has 2 rings (SSSR count). The number of halogens is 1. The van der Waals surface area contributed by atoms with Crippen LogP contribution in [0.25, 0.3) is 0 Å². The number of aromatic nitrogens is 1. The Hall–Kier alpha value is -1.83. The number of amides is 1. The van der Waals surface area contributed by atoms with Crippen molar-refractivity contribution in [3.63, 3.8) is 0 Å². The minimum Gasteiger partial charge on any atom is -0.497 e. The van der Waals surface area contributed by atoms with Gasteiger partial charge in [-0.3, -0.25) is 4.79 Å². The lowest BCUT2D eigenvalue weighted by Crippen LogP contribution is -2.13. The Bertz CT molecular complexity index is 634. The molecular formula is C14H18ClN3O3S. The molecule has 0 unspecified atom stereocenters. The first-order valence-electron chi connectivity index (χ1n) is 6.35. The van der Waals surface area contributed by atoms with Gasteiger partial charge >= 0.3 is 0 Å². The molecule has 22 heavy (non-hydrogen) atoms. The normalized spacial score (nSPS) is 9.77. The number of hydrogen-bond donors (Lipinski definition) is 2. The number of nitrogens with one attached hydrogen (secondary N) is 1. The van der Waals surface area contributed by atoms with E-state index < -0.39 is 0 Å². The Balaban J connectivity index is 0.00000242. The minimum atomic E-state index is -0.280. The van der Waals surface area contributed by atoms with Crippen molar-refractivity contribution in [2.24, 2.45) is 5.73 Å². The highest BCUT2D eigenvalue weighted by Crippen LogP contribution is 2.29. The van der Waals surface area contributed by atoms with Gasteiger partial charge in [-0.2, -0.15) is 0 Å². The van der Waals surface area contributed by atoms with Gasteiger partial charge in [-0.1, -0.05) is 0 Å². The van der Waals surface area contributed by atoms with Gasteiger partial charge in [0.05, 0.1) is 24.9 Å². The summed E-state index contributed by atoms with van der Waals surface area (Å²) in [5, 5.41) is 5.35. The minimum absolute atomic E-state index is 0. The van der Waals surface area contributed by atoms with Crippen LogP contribution in [0, 0.1) is 0 Å². The first-order valence-corrected chi connectivity index (χ1v) is 7.23.